The number of H-pyrrole nitrogens is 1. The van der Waals surface area contributed by atoms with E-state index in [0.29, 0.717) is 12.0 Å². The number of hydrogen-bond acceptors (Lipinski definition) is 3. The van der Waals surface area contributed by atoms with Crippen molar-refractivity contribution in [3.8, 4) is 0 Å². The van der Waals surface area contributed by atoms with Crippen LogP contribution in [-0.4, -0.2) is 16.0 Å². The zero-order valence-corrected chi connectivity index (χ0v) is 8.12. The molecule has 0 bridgehead atoms. The molecule has 4 nitrogen and oxygen atoms in total. The van der Waals surface area contributed by atoms with E-state index in [1.165, 1.54) is 44.4 Å². The quantitative estimate of drug-likeness (QED) is 0.748. The van der Waals surface area contributed by atoms with E-state index in [0.717, 1.165) is 0 Å². The molecule has 0 amide bonds. The summed E-state index contributed by atoms with van der Waals surface area (Å²) in [5.74, 6) is 0.601. The van der Waals surface area contributed by atoms with Gasteiger partial charge >= 0.3 is 0 Å². The van der Waals surface area contributed by atoms with Crippen molar-refractivity contribution in [3.05, 3.63) is 22.6 Å². The lowest BCUT2D eigenvalue weighted by atomic mass is 9.96. The molecule has 2 rings (SSSR count). The Morgan fingerprint density at radius 3 is 2.86 bits per heavy atom. The van der Waals surface area contributed by atoms with E-state index in [-0.39, 0.29) is 5.56 Å². The molecule has 14 heavy (non-hydrogen) atoms. The van der Waals surface area contributed by atoms with Crippen LogP contribution in [0, 0.1) is 0 Å². The largest absolute Gasteiger partial charge is 0.353 e. The van der Waals surface area contributed by atoms with Crippen LogP contribution in [0.3, 0.4) is 0 Å². The van der Waals surface area contributed by atoms with Crippen molar-refractivity contribution in [2.75, 3.05) is 5.32 Å². The molecular formula is C10H15N3O. The fraction of sp³-hybridized carbons (Fsp3) is 0.600. The summed E-state index contributed by atoms with van der Waals surface area (Å²) in [4.78, 5) is 17.7. The van der Waals surface area contributed by atoms with Gasteiger partial charge in [-0.25, -0.2) is 4.98 Å². The lowest BCUT2D eigenvalue weighted by Gasteiger charge is -2.22. The molecular weight excluding hydrogens is 178 g/mol. The van der Waals surface area contributed by atoms with E-state index >= 15 is 0 Å². The molecule has 4 heteroatoms. The topological polar surface area (TPSA) is 57.8 Å². The second kappa shape index (κ2) is 4.26. The number of nitrogens with one attached hydrogen (secondary N) is 2. The van der Waals surface area contributed by atoms with E-state index in [2.05, 4.69) is 15.3 Å². The Balaban J connectivity index is 1.99. The van der Waals surface area contributed by atoms with Gasteiger partial charge in [0.15, 0.2) is 0 Å². The molecule has 1 aliphatic rings. The van der Waals surface area contributed by atoms with Crippen LogP contribution in [0.1, 0.15) is 32.1 Å². The fourth-order valence-electron chi connectivity index (χ4n) is 1.88. The van der Waals surface area contributed by atoms with Gasteiger partial charge in [0.2, 0.25) is 5.95 Å². The second-order valence-electron chi connectivity index (χ2n) is 3.76. The molecule has 0 atom stereocenters. The smallest absolute Gasteiger partial charge is 0.252 e. The Hall–Kier alpha value is -1.32. The van der Waals surface area contributed by atoms with Crippen molar-refractivity contribution in [2.24, 2.45) is 0 Å². The van der Waals surface area contributed by atoms with E-state index in [1.807, 2.05) is 0 Å². The molecule has 1 aromatic heterocycles. The average Bonchev–Trinajstić information content (AvgIpc) is 2.19. The van der Waals surface area contributed by atoms with E-state index in [4.69, 9.17) is 0 Å². The van der Waals surface area contributed by atoms with Crippen LogP contribution in [0.4, 0.5) is 5.95 Å². The maximum atomic E-state index is 11.0. The molecule has 1 aliphatic carbocycles. The predicted octanol–water partition coefficient (Wildman–Crippen LogP) is 1.51. The van der Waals surface area contributed by atoms with Gasteiger partial charge in [-0.15, -0.1) is 0 Å². The molecule has 0 spiro atoms. The molecule has 0 aromatic carbocycles. The first-order valence-corrected chi connectivity index (χ1v) is 5.16. The summed E-state index contributed by atoms with van der Waals surface area (Å²) in [7, 11) is 0. The normalized spacial score (nSPS) is 18.0. The van der Waals surface area contributed by atoms with Gasteiger partial charge in [0, 0.05) is 18.3 Å². The van der Waals surface area contributed by atoms with Crippen LogP contribution < -0.4 is 10.9 Å². The van der Waals surface area contributed by atoms with Gasteiger partial charge in [-0.1, -0.05) is 19.3 Å². The zero-order chi connectivity index (χ0) is 9.80. The molecule has 0 radical (unpaired) electrons. The van der Waals surface area contributed by atoms with Crippen molar-refractivity contribution in [1.82, 2.24) is 9.97 Å². The number of anilines is 1. The predicted molar refractivity (Wildman–Crippen MR) is 55.4 cm³/mol. The highest BCUT2D eigenvalue weighted by Gasteiger charge is 2.13. The van der Waals surface area contributed by atoms with Gasteiger partial charge in [0.1, 0.15) is 0 Å². The van der Waals surface area contributed by atoms with Crippen molar-refractivity contribution < 1.29 is 0 Å². The highest BCUT2D eigenvalue weighted by Crippen LogP contribution is 2.19. The minimum atomic E-state index is -0.0988. The maximum Gasteiger partial charge on any atom is 0.252 e. The van der Waals surface area contributed by atoms with Crippen molar-refractivity contribution in [3.63, 3.8) is 0 Å². The second-order valence-corrected chi connectivity index (χ2v) is 3.76. The number of nitrogens with zero attached hydrogens (tertiary/aromatic N) is 1. The van der Waals surface area contributed by atoms with Crippen LogP contribution in [-0.2, 0) is 0 Å². The lowest BCUT2D eigenvalue weighted by molar-refractivity contribution is 0.460. The van der Waals surface area contributed by atoms with E-state index in [9.17, 15) is 4.79 Å². The first kappa shape index (κ1) is 9.24. The summed E-state index contributed by atoms with van der Waals surface area (Å²) < 4.78 is 0. The van der Waals surface area contributed by atoms with Gasteiger partial charge in [0.05, 0.1) is 0 Å². The average molecular weight is 193 g/mol. The van der Waals surface area contributed by atoms with Crippen LogP contribution in [0.25, 0.3) is 0 Å². The first-order chi connectivity index (χ1) is 6.84. The van der Waals surface area contributed by atoms with Gasteiger partial charge in [-0.3, -0.25) is 9.78 Å². The number of aromatic amines is 1. The van der Waals surface area contributed by atoms with Crippen LogP contribution in [0.5, 0.6) is 0 Å². The highest BCUT2D eigenvalue weighted by atomic mass is 16.1. The van der Waals surface area contributed by atoms with Gasteiger partial charge < -0.3 is 5.32 Å². The first-order valence-electron chi connectivity index (χ1n) is 5.16. The van der Waals surface area contributed by atoms with Crippen molar-refractivity contribution >= 4 is 5.95 Å². The fourth-order valence-corrected chi connectivity index (χ4v) is 1.88. The number of rotatable bonds is 2. The molecule has 0 saturated heterocycles. The molecule has 1 saturated carbocycles. The van der Waals surface area contributed by atoms with Gasteiger partial charge in [-0.2, -0.15) is 0 Å². The highest BCUT2D eigenvalue weighted by molar-refractivity contribution is 5.24. The Labute approximate surface area is 82.8 Å². The SMILES string of the molecule is O=c1ccnc(NC2CCCCC2)[nH]1. The minimum Gasteiger partial charge on any atom is -0.353 e. The summed E-state index contributed by atoms with van der Waals surface area (Å²) in [6.07, 6.45) is 7.77. The summed E-state index contributed by atoms with van der Waals surface area (Å²) in [6, 6.07) is 1.90. The number of aromatic nitrogens is 2. The summed E-state index contributed by atoms with van der Waals surface area (Å²) >= 11 is 0. The molecule has 1 aromatic rings. The van der Waals surface area contributed by atoms with Gasteiger partial charge in [0.25, 0.3) is 5.56 Å². The molecule has 0 unspecified atom stereocenters. The van der Waals surface area contributed by atoms with Gasteiger partial charge in [-0.05, 0) is 12.8 Å². The van der Waals surface area contributed by atoms with Crippen molar-refractivity contribution in [2.45, 2.75) is 38.1 Å². The van der Waals surface area contributed by atoms with Crippen LogP contribution in [0.2, 0.25) is 0 Å². The molecule has 1 heterocycles. The molecule has 2 N–H and O–H groups in total. The minimum absolute atomic E-state index is 0.0988. The third-order valence-corrected chi connectivity index (χ3v) is 2.62. The lowest BCUT2D eigenvalue weighted by Crippen LogP contribution is -2.24. The Kier molecular flexibility index (Phi) is 2.81. The third-order valence-electron chi connectivity index (χ3n) is 2.62. The zero-order valence-electron chi connectivity index (χ0n) is 8.12. The Bertz CT molecular complexity index is 341. The summed E-state index contributed by atoms with van der Waals surface area (Å²) in [5.41, 5.74) is -0.0988. The van der Waals surface area contributed by atoms with Crippen LogP contribution in [0.15, 0.2) is 17.1 Å². The standard InChI is InChI=1S/C10H15N3O/c14-9-6-7-11-10(13-9)12-8-4-2-1-3-5-8/h6-8H,1-5H2,(H2,11,12,13,14). The number of hydrogen-bond donors (Lipinski definition) is 2. The van der Waals surface area contributed by atoms with E-state index < -0.39 is 0 Å². The van der Waals surface area contributed by atoms with Crippen LogP contribution >= 0.6 is 0 Å². The third kappa shape index (κ3) is 2.34. The molecule has 0 aliphatic heterocycles. The van der Waals surface area contributed by atoms with Crippen molar-refractivity contribution in [1.29, 1.82) is 0 Å². The summed E-state index contributed by atoms with van der Waals surface area (Å²) in [5, 5.41) is 3.26. The monoisotopic (exact) mass is 193 g/mol. The Morgan fingerprint density at radius 1 is 1.36 bits per heavy atom. The maximum absolute atomic E-state index is 11.0. The summed E-state index contributed by atoms with van der Waals surface area (Å²) in [6.45, 7) is 0. The Morgan fingerprint density at radius 2 is 2.14 bits per heavy atom. The van der Waals surface area contributed by atoms with E-state index in [1.54, 1.807) is 0 Å². The molecule has 76 valence electrons. The molecule has 1 fully saturated rings.